The van der Waals surface area contributed by atoms with Gasteiger partial charge in [0, 0.05) is 31.0 Å². The van der Waals surface area contributed by atoms with E-state index in [1.807, 2.05) is 30.3 Å². The first kappa shape index (κ1) is 33.3. The average Bonchev–Trinajstić information content (AvgIpc) is 3.50. The molecule has 10 nitrogen and oxygen atoms in total. The fraction of sp³-hybridized carbons (Fsp3) is 0.528. The van der Waals surface area contributed by atoms with Gasteiger partial charge < -0.3 is 24.7 Å². The first-order valence-corrected chi connectivity index (χ1v) is 16.8. The van der Waals surface area contributed by atoms with Crippen LogP contribution in [0.1, 0.15) is 80.6 Å². The zero-order chi connectivity index (χ0) is 32.3. The van der Waals surface area contributed by atoms with Crippen molar-refractivity contribution in [3.63, 3.8) is 0 Å². The number of carbonyl (C=O) groups is 3. The summed E-state index contributed by atoms with van der Waals surface area (Å²) in [5, 5.41) is 6.09. The number of benzene rings is 1. The highest BCUT2D eigenvalue weighted by molar-refractivity contribution is 6.01. The van der Waals surface area contributed by atoms with Crippen LogP contribution in [-0.4, -0.2) is 71.0 Å². The Hall–Kier alpha value is -4.05. The van der Waals surface area contributed by atoms with Gasteiger partial charge in [0.15, 0.2) is 5.76 Å². The van der Waals surface area contributed by atoms with Crippen molar-refractivity contribution in [3.8, 4) is 11.5 Å². The van der Waals surface area contributed by atoms with Crippen molar-refractivity contribution >= 4 is 17.7 Å². The van der Waals surface area contributed by atoms with Gasteiger partial charge in [-0.3, -0.25) is 14.6 Å². The molecule has 10 heteroatoms. The number of nitrogens with zero attached hydrogens (tertiary/aromatic N) is 3. The highest BCUT2D eigenvalue weighted by Crippen LogP contribution is 2.28. The molecule has 0 bridgehead atoms. The van der Waals surface area contributed by atoms with Gasteiger partial charge in [0.25, 0.3) is 0 Å². The summed E-state index contributed by atoms with van der Waals surface area (Å²) in [7, 11) is 0. The van der Waals surface area contributed by atoms with Crippen molar-refractivity contribution in [2.24, 2.45) is 11.8 Å². The van der Waals surface area contributed by atoms with Crippen LogP contribution in [0.15, 0.2) is 59.3 Å². The molecular formula is C36H47N5O5. The van der Waals surface area contributed by atoms with E-state index in [2.05, 4.69) is 29.5 Å². The molecular weight excluding hydrogens is 582 g/mol. The van der Waals surface area contributed by atoms with E-state index >= 15 is 0 Å². The van der Waals surface area contributed by atoms with Crippen molar-refractivity contribution in [1.29, 1.82) is 0 Å². The standard InChI is InChI=1S/C36H47N5O5/c1-25(2)23-30-33(46-35(39-30)28-15-17-37-18-16-28)32(42)29(14-13-26-9-5-3-6-10-26)38-34(43)31(24-27-11-7-4-8-12-27)40-36(44)41-19-21-45-22-20-41/h3,5-6,9-10,15-18,25,27,29,31H,4,7-8,11-14,19-24H2,1-2H3,(H,38,43)(H,40,44). The molecule has 1 saturated heterocycles. The number of hydrogen-bond acceptors (Lipinski definition) is 7. The predicted molar refractivity (Wildman–Crippen MR) is 175 cm³/mol. The van der Waals surface area contributed by atoms with E-state index in [0.29, 0.717) is 69.5 Å². The summed E-state index contributed by atoms with van der Waals surface area (Å²) in [4.78, 5) is 52.2. The second kappa shape index (κ2) is 16.5. The lowest BCUT2D eigenvalue weighted by molar-refractivity contribution is -0.124. The third-order valence-electron chi connectivity index (χ3n) is 8.85. The topological polar surface area (TPSA) is 127 Å². The van der Waals surface area contributed by atoms with Crippen molar-refractivity contribution in [2.45, 2.75) is 83.7 Å². The van der Waals surface area contributed by atoms with E-state index in [4.69, 9.17) is 14.1 Å². The molecule has 1 saturated carbocycles. The van der Waals surface area contributed by atoms with Gasteiger partial charge in [-0.25, -0.2) is 9.78 Å². The monoisotopic (exact) mass is 629 g/mol. The van der Waals surface area contributed by atoms with Crippen molar-refractivity contribution in [1.82, 2.24) is 25.5 Å². The average molecular weight is 630 g/mol. The molecule has 246 valence electrons. The van der Waals surface area contributed by atoms with E-state index in [0.717, 1.165) is 36.8 Å². The van der Waals surface area contributed by atoms with Crippen LogP contribution in [0.5, 0.6) is 0 Å². The number of rotatable bonds is 13. The number of Topliss-reactive ketones (excluding diaryl/α,β-unsaturated/α-hetero) is 1. The molecule has 2 aromatic heterocycles. The van der Waals surface area contributed by atoms with Crippen molar-refractivity contribution in [2.75, 3.05) is 26.3 Å². The number of morpholine rings is 1. The number of nitrogens with one attached hydrogen (secondary N) is 2. The van der Waals surface area contributed by atoms with Gasteiger partial charge in [-0.1, -0.05) is 76.3 Å². The summed E-state index contributed by atoms with van der Waals surface area (Å²) >= 11 is 0. The maximum atomic E-state index is 14.4. The summed E-state index contributed by atoms with van der Waals surface area (Å²) in [5.74, 6) is 0.418. The second-order valence-corrected chi connectivity index (χ2v) is 12.9. The van der Waals surface area contributed by atoms with Gasteiger partial charge in [-0.2, -0.15) is 0 Å². The van der Waals surface area contributed by atoms with Crippen molar-refractivity contribution in [3.05, 3.63) is 71.9 Å². The third kappa shape index (κ3) is 9.25. The fourth-order valence-corrected chi connectivity index (χ4v) is 6.34. The Morgan fingerprint density at radius 1 is 0.935 bits per heavy atom. The number of hydrogen-bond donors (Lipinski definition) is 2. The normalized spacial score (nSPS) is 17.0. The van der Waals surface area contributed by atoms with Gasteiger partial charge in [-0.15, -0.1) is 0 Å². The first-order valence-electron chi connectivity index (χ1n) is 16.8. The van der Waals surface area contributed by atoms with Crippen LogP contribution in [0.4, 0.5) is 4.79 Å². The molecule has 3 heterocycles. The lowest BCUT2D eigenvalue weighted by Gasteiger charge is -2.31. The number of aromatic nitrogens is 2. The second-order valence-electron chi connectivity index (χ2n) is 12.9. The van der Waals surface area contributed by atoms with Crippen LogP contribution in [0.25, 0.3) is 11.5 Å². The Bertz CT molecular complexity index is 1420. The third-order valence-corrected chi connectivity index (χ3v) is 8.85. The summed E-state index contributed by atoms with van der Waals surface area (Å²) in [6.45, 7) is 6.03. The number of ether oxygens (including phenoxy) is 1. The molecule has 1 aromatic carbocycles. The number of oxazole rings is 1. The summed E-state index contributed by atoms with van der Waals surface area (Å²) < 4.78 is 11.6. The highest BCUT2D eigenvalue weighted by Gasteiger charge is 2.34. The minimum absolute atomic E-state index is 0.167. The maximum Gasteiger partial charge on any atom is 0.318 e. The van der Waals surface area contributed by atoms with Gasteiger partial charge in [0.2, 0.25) is 17.6 Å². The Labute approximate surface area is 271 Å². The molecule has 2 fully saturated rings. The maximum absolute atomic E-state index is 14.4. The van der Waals surface area contributed by atoms with Gasteiger partial charge in [-0.05, 0) is 55.2 Å². The van der Waals surface area contributed by atoms with Crippen LogP contribution in [-0.2, 0) is 22.4 Å². The summed E-state index contributed by atoms with van der Waals surface area (Å²) in [5.41, 5.74) is 2.36. The molecule has 5 rings (SSSR count). The largest absolute Gasteiger partial charge is 0.433 e. The van der Waals surface area contributed by atoms with Gasteiger partial charge in [0.1, 0.15) is 6.04 Å². The quantitative estimate of drug-likeness (QED) is 0.235. The summed E-state index contributed by atoms with van der Waals surface area (Å²) in [6.07, 6.45) is 10.9. The Morgan fingerprint density at radius 3 is 2.35 bits per heavy atom. The molecule has 3 amide bonds. The zero-order valence-corrected chi connectivity index (χ0v) is 27.1. The molecule has 1 aliphatic carbocycles. The smallest absolute Gasteiger partial charge is 0.318 e. The Balaban J connectivity index is 1.41. The molecule has 0 spiro atoms. The Morgan fingerprint density at radius 2 is 1.65 bits per heavy atom. The van der Waals surface area contributed by atoms with Gasteiger partial charge in [0.05, 0.1) is 24.9 Å². The lowest BCUT2D eigenvalue weighted by Crippen LogP contribution is -2.56. The van der Waals surface area contributed by atoms with E-state index in [-0.39, 0.29) is 29.4 Å². The van der Waals surface area contributed by atoms with Crippen LogP contribution in [0.3, 0.4) is 0 Å². The molecule has 2 aliphatic rings. The SMILES string of the molecule is CC(C)Cc1nc(-c2ccncc2)oc1C(=O)C(CCc1ccccc1)NC(=O)C(CC1CCCCC1)NC(=O)N1CCOCC1. The minimum atomic E-state index is -0.869. The first-order chi connectivity index (χ1) is 22.4. The summed E-state index contributed by atoms with van der Waals surface area (Å²) in [6, 6.07) is 11.6. The van der Waals surface area contributed by atoms with E-state index in [9.17, 15) is 14.4 Å². The molecule has 46 heavy (non-hydrogen) atoms. The van der Waals surface area contributed by atoms with Crippen LogP contribution in [0, 0.1) is 11.8 Å². The van der Waals surface area contributed by atoms with Crippen molar-refractivity contribution < 1.29 is 23.5 Å². The van der Waals surface area contributed by atoms with E-state index < -0.39 is 12.1 Å². The number of ketones is 1. The number of amides is 3. The number of pyridine rings is 1. The number of aryl methyl sites for hydroxylation is 1. The molecule has 2 N–H and O–H groups in total. The molecule has 3 aromatic rings. The van der Waals surface area contributed by atoms with Gasteiger partial charge >= 0.3 is 6.03 Å². The van der Waals surface area contributed by atoms with Crippen LogP contribution in [0.2, 0.25) is 0 Å². The van der Waals surface area contributed by atoms with Crippen LogP contribution >= 0.6 is 0 Å². The van der Waals surface area contributed by atoms with E-state index in [1.54, 1.807) is 29.4 Å². The predicted octanol–water partition coefficient (Wildman–Crippen LogP) is 5.62. The molecule has 0 radical (unpaired) electrons. The molecule has 1 aliphatic heterocycles. The molecule has 2 atom stereocenters. The fourth-order valence-electron chi connectivity index (χ4n) is 6.34. The Kier molecular flexibility index (Phi) is 11.9. The minimum Gasteiger partial charge on any atom is -0.433 e. The van der Waals surface area contributed by atoms with Crippen LogP contribution < -0.4 is 10.6 Å². The molecule has 2 unspecified atom stereocenters. The zero-order valence-electron chi connectivity index (χ0n) is 27.1. The number of urea groups is 1. The highest BCUT2D eigenvalue weighted by atomic mass is 16.5. The number of carbonyl (C=O) groups excluding carboxylic acids is 3. The lowest BCUT2D eigenvalue weighted by atomic mass is 9.84. The van der Waals surface area contributed by atoms with E-state index in [1.165, 1.54) is 6.42 Å².